The van der Waals surface area contributed by atoms with Crippen molar-refractivity contribution in [2.24, 2.45) is 13.0 Å². The van der Waals surface area contributed by atoms with Crippen molar-refractivity contribution in [1.29, 1.82) is 0 Å². The molecule has 166 valence electrons. The van der Waals surface area contributed by atoms with Crippen LogP contribution in [0.1, 0.15) is 35.9 Å². The number of ketones is 1. The van der Waals surface area contributed by atoms with E-state index in [1.165, 1.54) is 22.9 Å². The first kappa shape index (κ1) is 21.8. The maximum Gasteiger partial charge on any atom is 0.255 e. The van der Waals surface area contributed by atoms with E-state index in [1.807, 2.05) is 43.0 Å². The van der Waals surface area contributed by atoms with Gasteiger partial charge >= 0.3 is 0 Å². The summed E-state index contributed by atoms with van der Waals surface area (Å²) in [7, 11) is 1.65. The molecule has 3 heterocycles. The molecule has 1 saturated heterocycles. The standard InChI is InChI=1S/C24H25FN4O3/c1-15(2)23(31)17-6-4-16(5-7-17)21-14-29(10-11-32-21)24-27-20(12-22(30)28(24)3)18-8-9-26-13-19(18)25/h4-9,12-13,15,21H,10-11,14H2,1-3H3/t21-/m1/s1. The molecule has 0 spiro atoms. The van der Waals surface area contributed by atoms with Gasteiger partial charge in [-0.2, -0.15) is 0 Å². The van der Waals surface area contributed by atoms with Crippen molar-refractivity contribution in [2.75, 3.05) is 24.6 Å². The molecule has 32 heavy (non-hydrogen) atoms. The molecule has 1 aliphatic heterocycles. The minimum absolute atomic E-state index is 0.0628. The number of benzene rings is 1. The van der Waals surface area contributed by atoms with Gasteiger partial charge in [0.2, 0.25) is 5.95 Å². The highest BCUT2D eigenvalue weighted by Crippen LogP contribution is 2.27. The Bertz CT molecular complexity index is 1190. The number of hydrogen-bond acceptors (Lipinski definition) is 6. The van der Waals surface area contributed by atoms with Crippen LogP contribution >= 0.6 is 0 Å². The summed E-state index contributed by atoms with van der Waals surface area (Å²) in [6, 6.07) is 10.3. The number of carbonyl (C=O) groups is 1. The number of aromatic nitrogens is 3. The number of ether oxygens (including phenoxy) is 1. The number of halogens is 1. The second kappa shape index (κ2) is 9.00. The van der Waals surface area contributed by atoms with Gasteiger partial charge in [-0.3, -0.25) is 19.1 Å². The highest BCUT2D eigenvalue weighted by molar-refractivity contribution is 5.97. The number of morpholine rings is 1. The maximum absolute atomic E-state index is 14.2. The predicted octanol–water partition coefficient (Wildman–Crippen LogP) is 3.40. The third kappa shape index (κ3) is 4.31. The molecule has 0 saturated carbocycles. The second-order valence-corrected chi connectivity index (χ2v) is 8.14. The zero-order chi connectivity index (χ0) is 22.8. The fraction of sp³-hybridized carbons (Fsp3) is 0.333. The average Bonchev–Trinajstić information content (AvgIpc) is 2.81. The lowest BCUT2D eigenvalue weighted by Gasteiger charge is -2.34. The van der Waals surface area contributed by atoms with E-state index in [1.54, 1.807) is 7.05 Å². The van der Waals surface area contributed by atoms with Crippen molar-refractivity contribution in [1.82, 2.24) is 14.5 Å². The highest BCUT2D eigenvalue weighted by Gasteiger charge is 2.26. The molecule has 8 heteroatoms. The van der Waals surface area contributed by atoms with E-state index in [0.717, 1.165) is 11.8 Å². The zero-order valence-electron chi connectivity index (χ0n) is 18.3. The summed E-state index contributed by atoms with van der Waals surface area (Å²) < 4.78 is 21.6. The van der Waals surface area contributed by atoms with Crippen molar-refractivity contribution < 1.29 is 13.9 Å². The van der Waals surface area contributed by atoms with Gasteiger partial charge in [0, 0.05) is 42.9 Å². The topological polar surface area (TPSA) is 77.3 Å². The van der Waals surface area contributed by atoms with Crippen LogP contribution in [0.5, 0.6) is 0 Å². The van der Waals surface area contributed by atoms with Crippen LogP contribution in [-0.4, -0.2) is 40.0 Å². The van der Waals surface area contributed by atoms with Crippen LogP contribution in [0.3, 0.4) is 0 Å². The predicted molar refractivity (Wildman–Crippen MR) is 119 cm³/mol. The molecule has 0 aliphatic carbocycles. The Morgan fingerprint density at radius 3 is 2.66 bits per heavy atom. The van der Waals surface area contributed by atoms with Crippen LogP contribution in [0, 0.1) is 11.7 Å². The van der Waals surface area contributed by atoms with Crippen LogP contribution in [0.4, 0.5) is 10.3 Å². The fourth-order valence-corrected chi connectivity index (χ4v) is 3.76. The van der Waals surface area contributed by atoms with E-state index in [9.17, 15) is 14.0 Å². The van der Waals surface area contributed by atoms with Gasteiger partial charge in [0.05, 0.1) is 25.0 Å². The molecule has 1 aromatic carbocycles. The minimum atomic E-state index is -0.532. The third-order valence-corrected chi connectivity index (χ3v) is 5.60. The lowest BCUT2D eigenvalue weighted by Crippen LogP contribution is -2.41. The zero-order valence-corrected chi connectivity index (χ0v) is 18.3. The molecule has 2 aromatic heterocycles. The molecule has 3 aromatic rings. The van der Waals surface area contributed by atoms with Crippen LogP contribution < -0.4 is 10.5 Å². The van der Waals surface area contributed by atoms with Gasteiger partial charge in [0.25, 0.3) is 5.56 Å². The van der Waals surface area contributed by atoms with Crippen LogP contribution in [0.25, 0.3) is 11.3 Å². The van der Waals surface area contributed by atoms with Crippen molar-refractivity contribution in [3.8, 4) is 11.3 Å². The largest absolute Gasteiger partial charge is 0.370 e. The Morgan fingerprint density at radius 1 is 1.22 bits per heavy atom. The molecule has 0 N–H and O–H groups in total. The van der Waals surface area contributed by atoms with Crippen LogP contribution in [0.15, 0.2) is 53.6 Å². The average molecular weight is 436 g/mol. The number of anilines is 1. The molecular weight excluding hydrogens is 411 g/mol. The summed E-state index contributed by atoms with van der Waals surface area (Å²) in [4.78, 5) is 35.1. The van der Waals surface area contributed by atoms with E-state index >= 15 is 0 Å². The molecular formula is C24H25FN4O3. The summed E-state index contributed by atoms with van der Waals surface area (Å²) in [5.41, 5.74) is 1.83. The molecule has 1 atom stereocenters. The highest BCUT2D eigenvalue weighted by atomic mass is 19.1. The van der Waals surface area contributed by atoms with Gasteiger partial charge < -0.3 is 9.64 Å². The van der Waals surface area contributed by atoms with Gasteiger partial charge in [-0.1, -0.05) is 38.1 Å². The number of nitrogens with zero attached hydrogens (tertiary/aromatic N) is 4. The molecule has 1 fully saturated rings. The van der Waals surface area contributed by atoms with E-state index in [4.69, 9.17) is 4.74 Å². The molecule has 0 bridgehead atoms. The molecule has 0 unspecified atom stereocenters. The monoisotopic (exact) mass is 436 g/mol. The number of pyridine rings is 1. The van der Waals surface area contributed by atoms with Crippen molar-refractivity contribution in [3.05, 3.63) is 76.1 Å². The maximum atomic E-state index is 14.2. The lowest BCUT2D eigenvalue weighted by molar-refractivity contribution is 0.0389. The molecule has 7 nitrogen and oxygen atoms in total. The first-order chi connectivity index (χ1) is 15.3. The van der Waals surface area contributed by atoms with E-state index in [2.05, 4.69) is 9.97 Å². The fourth-order valence-electron chi connectivity index (χ4n) is 3.76. The summed E-state index contributed by atoms with van der Waals surface area (Å²) in [6.07, 6.45) is 2.33. The number of Topliss-reactive ketones (excluding diaryl/α,β-unsaturated/α-hetero) is 1. The van der Waals surface area contributed by atoms with E-state index in [-0.39, 0.29) is 34.6 Å². The minimum Gasteiger partial charge on any atom is -0.370 e. The van der Waals surface area contributed by atoms with E-state index in [0.29, 0.717) is 31.2 Å². The normalized spacial score (nSPS) is 16.4. The summed E-state index contributed by atoms with van der Waals surface area (Å²) in [5.74, 6) is -0.0482. The summed E-state index contributed by atoms with van der Waals surface area (Å²) in [5, 5.41) is 0. The van der Waals surface area contributed by atoms with Crippen LogP contribution in [0.2, 0.25) is 0 Å². The first-order valence-corrected chi connectivity index (χ1v) is 10.5. The van der Waals surface area contributed by atoms with Gasteiger partial charge in [-0.25, -0.2) is 9.37 Å². The third-order valence-electron chi connectivity index (χ3n) is 5.60. The molecule has 4 rings (SSSR count). The summed E-state index contributed by atoms with van der Waals surface area (Å²) in [6.45, 7) is 5.22. The lowest BCUT2D eigenvalue weighted by atomic mass is 9.98. The summed E-state index contributed by atoms with van der Waals surface area (Å²) >= 11 is 0. The van der Waals surface area contributed by atoms with E-state index < -0.39 is 5.82 Å². The van der Waals surface area contributed by atoms with Gasteiger partial charge in [0.1, 0.15) is 6.10 Å². The smallest absolute Gasteiger partial charge is 0.255 e. The Hall–Kier alpha value is -3.39. The quantitative estimate of drug-likeness (QED) is 0.571. The molecule has 1 aliphatic rings. The van der Waals surface area contributed by atoms with Crippen molar-refractivity contribution >= 4 is 11.7 Å². The Labute approximate surface area is 185 Å². The van der Waals surface area contributed by atoms with Gasteiger partial charge in [-0.05, 0) is 11.6 Å². The van der Waals surface area contributed by atoms with Gasteiger partial charge in [-0.15, -0.1) is 0 Å². The first-order valence-electron chi connectivity index (χ1n) is 10.5. The van der Waals surface area contributed by atoms with Gasteiger partial charge in [0.15, 0.2) is 11.6 Å². The van der Waals surface area contributed by atoms with Crippen molar-refractivity contribution in [2.45, 2.75) is 20.0 Å². The molecule has 0 amide bonds. The Morgan fingerprint density at radius 2 is 1.97 bits per heavy atom. The second-order valence-electron chi connectivity index (χ2n) is 8.14. The molecule has 0 radical (unpaired) electrons. The van der Waals surface area contributed by atoms with Crippen LogP contribution in [-0.2, 0) is 11.8 Å². The number of carbonyl (C=O) groups excluding carboxylic acids is 1. The Balaban J connectivity index is 1.62. The SMILES string of the molecule is CC(C)C(=O)c1ccc([C@H]2CN(c3nc(-c4ccncc4F)cc(=O)n3C)CCO2)cc1. The number of hydrogen-bond donors (Lipinski definition) is 0. The van der Waals surface area contributed by atoms with Crippen molar-refractivity contribution in [3.63, 3.8) is 0 Å². The Kier molecular flexibility index (Phi) is 6.14. The number of rotatable bonds is 5.